The lowest BCUT2D eigenvalue weighted by Crippen LogP contribution is -2.27. The predicted octanol–water partition coefficient (Wildman–Crippen LogP) is 1.96. The highest BCUT2D eigenvalue weighted by Gasteiger charge is 2.16. The number of nitrogens with zero attached hydrogens (tertiary/aromatic N) is 2. The number of carbonyl (C=O) groups excluding carboxylic acids is 1. The zero-order chi connectivity index (χ0) is 17.7. The minimum absolute atomic E-state index is 0.212. The summed E-state index contributed by atoms with van der Waals surface area (Å²) in [5.41, 5.74) is 2.47. The summed E-state index contributed by atoms with van der Waals surface area (Å²) in [6.45, 7) is 5.01. The number of benzene rings is 1. The van der Waals surface area contributed by atoms with Crippen LogP contribution in [0.5, 0.6) is 17.2 Å². The van der Waals surface area contributed by atoms with E-state index < -0.39 is 0 Å². The van der Waals surface area contributed by atoms with E-state index in [2.05, 4.69) is 10.4 Å². The molecule has 0 saturated carbocycles. The van der Waals surface area contributed by atoms with E-state index in [-0.39, 0.29) is 5.91 Å². The van der Waals surface area contributed by atoms with Crippen molar-refractivity contribution in [3.63, 3.8) is 0 Å². The minimum Gasteiger partial charge on any atom is -0.493 e. The summed E-state index contributed by atoms with van der Waals surface area (Å²) in [4.78, 5) is 12.4. The lowest BCUT2D eigenvalue weighted by molar-refractivity contribution is 0.0951. The predicted molar refractivity (Wildman–Crippen MR) is 90.1 cm³/mol. The van der Waals surface area contributed by atoms with E-state index in [0.29, 0.717) is 35.9 Å². The van der Waals surface area contributed by atoms with Gasteiger partial charge in [-0.05, 0) is 32.0 Å². The van der Waals surface area contributed by atoms with Gasteiger partial charge in [0.1, 0.15) is 0 Å². The lowest BCUT2D eigenvalue weighted by atomic mass is 10.1. The van der Waals surface area contributed by atoms with Crippen molar-refractivity contribution in [3.05, 3.63) is 35.2 Å². The number of nitrogens with one attached hydrogen (secondary N) is 1. The van der Waals surface area contributed by atoms with E-state index in [4.69, 9.17) is 14.2 Å². The van der Waals surface area contributed by atoms with Crippen LogP contribution in [-0.2, 0) is 6.54 Å². The Labute approximate surface area is 141 Å². The molecule has 0 unspecified atom stereocenters. The molecular formula is C17H23N3O4. The molecule has 0 aliphatic rings. The van der Waals surface area contributed by atoms with Crippen LogP contribution in [0.25, 0.3) is 0 Å². The number of aromatic nitrogens is 2. The van der Waals surface area contributed by atoms with E-state index in [0.717, 1.165) is 11.4 Å². The van der Waals surface area contributed by atoms with Gasteiger partial charge >= 0.3 is 0 Å². The number of hydrogen-bond acceptors (Lipinski definition) is 5. The Morgan fingerprint density at radius 1 is 1.08 bits per heavy atom. The zero-order valence-electron chi connectivity index (χ0n) is 14.7. The van der Waals surface area contributed by atoms with Gasteiger partial charge in [-0.1, -0.05) is 0 Å². The average molecular weight is 333 g/mol. The second kappa shape index (κ2) is 7.72. The molecule has 0 aliphatic carbocycles. The quantitative estimate of drug-likeness (QED) is 0.838. The first-order valence-corrected chi connectivity index (χ1v) is 7.59. The fourth-order valence-corrected chi connectivity index (χ4v) is 2.49. The number of methoxy groups -OCH3 is 3. The first-order chi connectivity index (χ1) is 11.5. The number of amides is 1. The first-order valence-electron chi connectivity index (χ1n) is 7.59. The van der Waals surface area contributed by atoms with E-state index in [1.807, 2.05) is 24.6 Å². The van der Waals surface area contributed by atoms with Crippen LogP contribution in [0, 0.1) is 13.8 Å². The molecule has 0 radical (unpaired) electrons. The van der Waals surface area contributed by atoms with Gasteiger partial charge in [-0.25, -0.2) is 0 Å². The smallest absolute Gasteiger partial charge is 0.251 e. The molecule has 0 bridgehead atoms. The van der Waals surface area contributed by atoms with Crippen LogP contribution in [0.3, 0.4) is 0 Å². The second-order valence-electron chi connectivity index (χ2n) is 5.32. The van der Waals surface area contributed by atoms with Gasteiger partial charge < -0.3 is 19.5 Å². The zero-order valence-corrected chi connectivity index (χ0v) is 14.7. The van der Waals surface area contributed by atoms with Crippen LogP contribution in [0.4, 0.5) is 0 Å². The van der Waals surface area contributed by atoms with Gasteiger partial charge in [-0.3, -0.25) is 9.48 Å². The normalized spacial score (nSPS) is 10.4. The van der Waals surface area contributed by atoms with Crippen molar-refractivity contribution in [2.75, 3.05) is 27.9 Å². The van der Waals surface area contributed by atoms with Crippen LogP contribution in [0.15, 0.2) is 18.2 Å². The SMILES string of the molecule is COc1cc(C(=O)NCCn2nc(C)cc2C)cc(OC)c1OC. The van der Waals surface area contributed by atoms with Crippen molar-refractivity contribution in [3.8, 4) is 17.2 Å². The molecule has 1 aromatic carbocycles. The molecule has 1 amide bonds. The van der Waals surface area contributed by atoms with E-state index in [9.17, 15) is 4.79 Å². The molecule has 0 fully saturated rings. The van der Waals surface area contributed by atoms with Crippen molar-refractivity contribution >= 4 is 5.91 Å². The summed E-state index contributed by atoms with van der Waals surface area (Å²) in [5.74, 6) is 1.14. The van der Waals surface area contributed by atoms with Crippen molar-refractivity contribution in [2.24, 2.45) is 0 Å². The number of rotatable bonds is 7. The third-order valence-electron chi connectivity index (χ3n) is 3.64. The van der Waals surface area contributed by atoms with Crippen molar-refractivity contribution in [1.29, 1.82) is 0 Å². The monoisotopic (exact) mass is 333 g/mol. The maximum Gasteiger partial charge on any atom is 0.251 e. The van der Waals surface area contributed by atoms with Crippen LogP contribution in [0.1, 0.15) is 21.7 Å². The molecule has 1 heterocycles. The summed E-state index contributed by atoms with van der Waals surface area (Å²) >= 11 is 0. The number of aryl methyl sites for hydroxylation is 2. The molecular weight excluding hydrogens is 310 g/mol. The summed E-state index contributed by atoms with van der Waals surface area (Å²) in [6.07, 6.45) is 0. The van der Waals surface area contributed by atoms with Gasteiger partial charge in [-0.15, -0.1) is 0 Å². The Hall–Kier alpha value is -2.70. The standard InChI is InChI=1S/C17H23N3O4/c1-11-8-12(2)20(19-11)7-6-18-17(21)13-9-14(22-3)16(24-5)15(10-13)23-4/h8-10H,6-7H2,1-5H3,(H,18,21). The lowest BCUT2D eigenvalue weighted by Gasteiger charge is -2.14. The topological polar surface area (TPSA) is 74.6 Å². The molecule has 7 nitrogen and oxygen atoms in total. The molecule has 2 rings (SSSR count). The van der Waals surface area contributed by atoms with Crippen LogP contribution in [0.2, 0.25) is 0 Å². The second-order valence-corrected chi connectivity index (χ2v) is 5.32. The Morgan fingerprint density at radius 2 is 1.71 bits per heavy atom. The summed E-state index contributed by atoms with van der Waals surface area (Å²) < 4.78 is 17.6. The molecule has 1 aromatic heterocycles. The molecule has 0 spiro atoms. The molecule has 2 aromatic rings. The van der Waals surface area contributed by atoms with Crippen LogP contribution < -0.4 is 19.5 Å². The third-order valence-corrected chi connectivity index (χ3v) is 3.64. The highest BCUT2D eigenvalue weighted by atomic mass is 16.5. The maximum absolute atomic E-state index is 12.4. The van der Waals surface area contributed by atoms with E-state index >= 15 is 0 Å². The molecule has 0 saturated heterocycles. The fourth-order valence-electron chi connectivity index (χ4n) is 2.49. The molecule has 1 N–H and O–H groups in total. The Morgan fingerprint density at radius 3 is 2.17 bits per heavy atom. The molecule has 0 atom stereocenters. The number of ether oxygens (including phenoxy) is 3. The molecule has 130 valence electrons. The molecule has 7 heteroatoms. The van der Waals surface area contributed by atoms with Gasteiger partial charge in [0.2, 0.25) is 5.75 Å². The molecule has 0 aliphatic heterocycles. The first kappa shape index (κ1) is 17.7. The Balaban J connectivity index is 2.08. The van der Waals surface area contributed by atoms with Crippen molar-refractivity contribution in [1.82, 2.24) is 15.1 Å². The van der Waals surface area contributed by atoms with Gasteiger partial charge in [0, 0.05) is 17.8 Å². The summed E-state index contributed by atoms with van der Waals surface area (Å²) in [6, 6.07) is 5.25. The highest BCUT2D eigenvalue weighted by molar-refractivity contribution is 5.95. The van der Waals surface area contributed by atoms with Gasteiger partial charge in [-0.2, -0.15) is 5.10 Å². The maximum atomic E-state index is 12.4. The largest absolute Gasteiger partial charge is 0.493 e. The van der Waals surface area contributed by atoms with E-state index in [1.165, 1.54) is 21.3 Å². The summed E-state index contributed by atoms with van der Waals surface area (Å²) in [7, 11) is 4.55. The average Bonchev–Trinajstić information content (AvgIpc) is 2.90. The fraction of sp³-hybridized carbons (Fsp3) is 0.412. The minimum atomic E-state index is -0.212. The highest BCUT2D eigenvalue weighted by Crippen LogP contribution is 2.38. The van der Waals surface area contributed by atoms with Crippen molar-refractivity contribution < 1.29 is 19.0 Å². The van der Waals surface area contributed by atoms with Crippen molar-refractivity contribution in [2.45, 2.75) is 20.4 Å². The van der Waals surface area contributed by atoms with Crippen LogP contribution in [-0.4, -0.2) is 43.6 Å². The van der Waals surface area contributed by atoms with E-state index in [1.54, 1.807) is 12.1 Å². The van der Waals surface area contributed by atoms with Gasteiger partial charge in [0.15, 0.2) is 11.5 Å². The number of carbonyl (C=O) groups is 1. The Bertz CT molecular complexity index is 700. The van der Waals surface area contributed by atoms with Gasteiger partial charge in [0.05, 0.1) is 33.6 Å². The third kappa shape index (κ3) is 3.79. The number of hydrogen-bond donors (Lipinski definition) is 1. The summed E-state index contributed by atoms with van der Waals surface area (Å²) in [5, 5.41) is 7.24. The molecule has 24 heavy (non-hydrogen) atoms. The van der Waals surface area contributed by atoms with Gasteiger partial charge in [0.25, 0.3) is 5.91 Å². The van der Waals surface area contributed by atoms with Crippen LogP contribution >= 0.6 is 0 Å². The Kier molecular flexibility index (Phi) is 5.68.